The Bertz CT molecular complexity index is 1050. The fraction of sp³-hybridized carbons (Fsp3) is 0.435. The van der Waals surface area contributed by atoms with Crippen molar-refractivity contribution in [2.45, 2.75) is 37.8 Å². The summed E-state index contributed by atoms with van der Waals surface area (Å²) in [6.07, 6.45) is 0.721. The monoisotopic (exact) mass is 462 g/mol. The minimum Gasteiger partial charge on any atom is -0.497 e. The van der Waals surface area contributed by atoms with E-state index < -0.39 is 16.1 Å². The number of sulfonamides is 1. The van der Waals surface area contributed by atoms with Crippen molar-refractivity contribution in [1.82, 2.24) is 9.62 Å². The molecule has 1 unspecified atom stereocenters. The molecule has 9 heteroatoms. The smallest absolute Gasteiger partial charge is 0.241 e. The molecule has 0 aromatic heterocycles. The van der Waals surface area contributed by atoms with Crippen LogP contribution >= 0.6 is 0 Å². The number of methoxy groups -OCH3 is 1. The number of likely N-dealkylation sites (N-methyl/N-ethyl adjacent to an activating group) is 1. The van der Waals surface area contributed by atoms with E-state index in [2.05, 4.69) is 4.72 Å². The predicted octanol–water partition coefficient (Wildman–Crippen LogP) is 2.82. The second-order valence-electron chi connectivity index (χ2n) is 8.05. The van der Waals surface area contributed by atoms with Gasteiger partial charge in [-0.2, -0.15) is 4.72 Å². The minimum atomic E-state index is -3.97. The Hall–Kier alpha value is -2.78. The molecule has 3 rings (SSSR count). The minimum absolute atomic E-state index is 0.0237. The number of hydrogen-bond acceptors (Lipinski definition) is 6. The Morgan fingerprint density at radius 1 is 1.12 bits per heavy atom. The highest BCUT2D eigenvalue weighted by atomic mass is 32.2. The van der Waals surface area contributed by atoms with Crippen LogP contribution in [0.2, 0.25) is 0 Å². The zero-order chi connectivity index (χ0) is 23.3. The van der Waals surface area contributed by atoms with Crippen molar-refractivity contribution < 1.29 is 27.4 Å². The number of hydrogen-bond donors (Lipinski definition) is 1. The number of rotatable bonds is 8. The molecule has 0 bridgehead atoms. The summed E-state index contributed by atoms with van der Waals surface area (Å²) in [6.45, 7) is 4.90. The van der Waals surface area contributed by atoms with Crippen molar-refractivity contribution in [3.05, 3.63) is 48.0 Å². The lowest BCUT2D eigenvalue weighted by atomic mass is 10.0. The first-order valence-corrected chi connectivity index (χ1v) is 12.0. The van der Waals surface area contributed by atoms with Crippen LogP contribution in [-0.2, 0) is 21.4 Å². The first-order chi connectivity index (χ1) is 15.2. The zero-order valence-corrected chi connectivity index (χ0v) is 19.6. The number of nitrogens with one attached hydrogen (secondary N) is 1. The van der Waals surface area contributed by atoms with E-state index in [0.717, 1.165) is 12.0 Å². The summed E-state index contributed by atoms with van der Waals surface area (Å²) in [6, 6.07) is 10.9. The van der Waals surface area contributed by atoms with Gasteiger partial charge in [-0.3, -0.25) is 4.79 Å². The van der Waals surface area contributed by atoms with Gasteiger partial charge in [-0.05, 0) is 35.7 Å². The van der Waals surface area contributed by atoms with Crippen molar-refractivity contribution in [3.63, 3.8) is 0 Å². The summed E-state index contributed by atoms with van der Waals surface area (Å²) in [7, 11) is -0.733. The first-order valence-electron chi connectivity index (χ1n) is 10.5. The molecule has 8 nitrogen and oxygen atoms in total. The molecule has 0 saturated heterocycles. The summed E-state index contributed by atoms with van der Waals surface area (Å²) in [5, 5.41) is 0. The lowest BCUT2D eigenvalue weighted by Crippen LogP contribution is -2.49. The number of amides is 1. The van der Waals surface area contributed by atoms with Crippen molar-refractivity contribution in [2.24, 2.45) is 5.92 Å². The first kappa shape index (κ1) is 23.9. The van der Waals surface area contributed by atoms with Gasteiger partial charge >= 0.3 is 0 Å². The van der Waals surface area contributed by atoms with Gasteiger partial charge in [-0.1, -0.05) is 26.0 Å². The SMILES string of the molecule is COc1cccc(CN(C)C(=O)C(NS(=O)(=O)c2ccc3c(c2)OCCCO3)C(C)C)c1. The highest BCUT2D eigenvalue weighted by Gasteiger charge is 2.31. The van der Waals surface area contributed by atoms with Crippen LogP contribution in [0.15, 0.2) is 47.4 Å². The van der Waals surface area contributed by atoms with Crippen molar-refractivity contribution in [1.29, 1.82) is 0 Å². The molecule has 1 amide bonds. The molecule has 1 N–H and O–H groups in total. The molecule has 0 fully saturated rings. The molecule has 174 valence electrons. The van der Waals surface area contributed by atoms with E-state index in [9.17, 15) is 13.2 Å². The van der Waals surface area contributed by atoms with Crippen LogP contribution < -0.4 is 18.9 Å². The molecular formula is C23H30N2O6S. The summed E-state index contributed by atoms with van der Waals surface area (Å²) in [4.78, 5) is 14.7. The number of carbonyl (C=O) groups is 1. The van der Waals surface area contributed by atoms with Gasteiger partial charge in [0.2, 0.25) is 15.9 Å². The third-order valence-electron chi connectivity index (χ3n) is 5.17. The van der Waals surface area contributed by atoms with Crippen molar-refractivity contribution >= 4 is 15.9 Å². The topological polar surface area (TPSA) is 94.2 Å². The average molecular weight is 463 g/mol. The molecule has 0 radical (unpaired) electrons. The predicted molar refractivity (Wildman–Crippen MR) is 120 cm³/mol. The summed E-state index contributed by atoms with van der Waals surface area (Å²) in [5.74, 6) is 1.01. The van der Waals surface area contributed by atoms with Crippen LogP contribution in [0.5, 0.6) is 17.2 Å². The van der Waals surface area contributed by atoms with Crippen molar-refractivity contribution in [3.8, 4) is 17.2 Å². The van der Waals surface area contributed by atoms with Gasteiger partial charge in [0.1, 0.15) is 11.8 Å². The fourth-order valence-corrected chi connectivity index (χ4v) is 4.73. The maximum Gasteiger partial charge on any atom is 0.241 e. The van der Waals surface area contributed by atoms with Crippen LogP contribution in [0.1, 0.15) is 25.8 Å². The molecule has 2 aromatic carbocycles. The Labute approximate surface area is 189 Å². The Morgan fingerprint density at radius 2 is 1.84 bits per heavy atom. The zero-order valence-electron chi connectivity index (χ0n) is 18.8. The lowest BCUT2D eigenvalue weighted by Gasteiger charge is -2.27. The standard InChI is InChI=1S/C23H30N2O6S/c1-16(2)22(23(26)25(3)15-17-7-5-8-18(13-17)29-4)24-32(27,28)19-9-10-20-21(14-19)31-12-6-11-30-20/h5,7-10,13-14,16,22,24H,6,11-12,15H2,1-4H3. The average Bonchev–Trinajstić information content (AvgIpc) is 3.02. The van der Waals surface area contributed by atoms with Gasteiger partial charge in [0.05, 0.1) is 25.2 Å². The van der Waals surface area contributed by atoms with Crippen LogP contribution in [0, 0.1) is 5.92 Å². The Balaban J connectivity index is 1.77. The second kappa shape index (κ2) is 10.2. The van der Waals surface area contributed by atoms with Gasteiger partial charge in [0.15, 0.2) is 11.5 Å². The fourth-order valence-electron chi connectivity index (χ4n) is 3.38. The van der Waals surface area contributed by atoms with Gasteiger partial charge < -0.3 is 19.1 Å². The lowest BCUT2D eigenvalue weighted by molar-refractivity contribution is -0.133. The molecule has 0 spiro atoms. The third-order valence-corrected chi connectivity index (χ3v) is 6.61. The van der Waals surface area contributed by atoms with E-state index in [1.807, 2.05) is 24.3 Å². The number of ether oxygens (including phenoxy) is 3. The van der Waals surface area contributed by atoms with E-state index in [1.54, 1.807) is 34.1 Å². The number of nitrogens with zero attached hydrogens (tertiary/aromatic N) is 1. The second-order valence-corrected chi connectivity index (χ2v) is 9.76. The van der Waals surface area contributed by atoms with Gasteiger partial charge in [-0.15, -0.1) is 0 Å². The van der Waals surface area contributed by atoms with Crippen LogP contribution in [0.25, 0.3) is 0 Å². The quantitative estimate of drug-likeness (QED) is 0.648. The van der Waals surface area contributed by atoms with E-state index in [1.165, 1.54) is 17.0 Å². The largest absolute Gasteiger partial charge is 0.497 e. The Morgan fingerprint density at radius 3 is 2.53 bits per heavy atom. The molecule has 2 aromatic rings. The van der Waals surface area contributed by atoms with Gasteiger partial charge in [0, 0.05) is 26.1 Å². The maximum atomic E-state index is 13.2. The van der Waals surface area contributed by atoms with Crippen LogP contribution in [0.4, 0.5) is 0 Å². The van der Waals surface area contributed by atoms with E-state index >= 15 is 0 Å². The maximum absolute atomic E-state index is 13.2. The summed E-state index contributed by atoms with van der Waals surface area (Å²) in [5.41, 5.74) is 0.883. The molecule has 1 heterocycles. The molecule has 0 aliphatic carbocycles. The molecule has 32 heavy (non-hydrogen) atoms. The molecular weight excluding hydrogens is 432 g/mol. The highest BCUT2D eigenvalue weighted by Crippen LogP contribution is 2.32. The summed E-state index contributed by atoms with van der Waals surface area (Å²) < 4.78 is 45.2. The van der Waals surface area contributed by atoms with Gasteiger partial charge in [-0.25, -0.2) is 8.42 Å². The molecule has 1 aliphatic rings. The van der Waals surface area contributed by atoms with Crippen LogP contribution in [0.3, 0.4) is 0 Å². The Kier molecular flexibility index (Phi) is 7.63. The number of carbonyl (C=O) groups excluding carboxylic acids is 1. The number of fused-ring (bicyclic) bond motifs is 1. The van der Waals surface area contributed by atoms with E-state index in [0.29, 0.717) is 37.0 Å². The molecule has 0 saturated carbocycles. The van der Waals surface area contributed by atoms with E-state index in [4.69, 9.17) is 14.2 Å². The summed E-state index contributed by atoms with van der Waals surface area (Å²) >= 11 is 0. The normalized spacial score (nSPS) is 14.5. The molecule has 1 aliphatic heterocycles. The van der Waals surface area contributed by atoms with Crippen LogP contribution in [-0.4, -0.2) is 52.6 Å². The molecule has 1 atom stereocenters. The van der Waals surface area contributed by atoms with E-state index in [-0.39, 0.29) is 16.7 Å². The third kappa shape index (κ3) is 5.72. The van der Waals surface area contributed by atoms with Crippen molar-refractivity contribution in [2.75, 3.05) is 27.4 Å². The van der Waals surface area contributed by atoms with Gasteiger partial charge in [0.25, 0.3) is 0 Å². The number of benzene rings is 2. The highest BCUT2D eigenvalue weighted by molar-refractivity contribution is 7.89.